The van der Waals surface area contributed by atoms with Crippen molar-refractivity contribution in [1.82, 2.24) is 10.2 Å². The second kappa shape index (κ2) is 10.1. The van der Waals surface area contributed by atoms with Gasteiger partial charge in [0.2, 0.25) is 5.91 Å². The number of hydrogen-bond acceptors (Lipinski definition) is 2. The van der Waals surface area contributed by atoms with E-state index in [1.54, 1.807) is 0 Å². The average Bonchev–Trinajstić information content (AvgIpc) is 2.27. The molecule has 0 bridgehead atoms. The molecule has 3 heteroatoms. The fourth-order valence-electron chi connectivity index (χ4n) is 1.96. The molecule has 0 saturated heterocycles. The van der Waals surface area contributed by atoms with Crippen molar-refractivity contribution in [3.05, 3.63) is 12.2 Å². The molecule has 18 heavy (non-hydrogen) atoms. The van der Waals surface area contributed by atoms with E-state index in [0.717, 1.165) is 25.1 Å². The first kappa shape index (κ1) is 17.2. The summed E-state index contributed by atoms with van der Waals surface area (Å²) in [4.78, 5) is 14.0. The summed E-state index contributed by atoms with van der Waals surface area (Å²) in [5.41, 5.74) is 1.10. The number of carbonyl (C=O) groups is 1. The van der Waals surface area contributed by atoms with Crippen molar-refractivity contribution in [2.75, 3.05) is 19.6 Å². The lowest BCUT2D eigenvalue weighted by atomic mass is 10.1. The first-order chi connectivity index (χ1) is 8.49. The quantitative estimate of drug-likeness (QED) is 0.480. The predicted molar refractivity (Wildman–Crippen MR) is 78.7 cm³/mol. The lowest BCUT2D eigenvalue weighted by Gasteiger charge is -2.21. The molecule has 0 rings (SSSR count). The Morgan fingerprint density at radius 3 is 2.44 bits per heavy atom. The Hall–Kier alpha value is -0.830. The van der Waals surface area contributed by atoms with Crippen LogP contribution >= 0.6 is 0 Å². The molecule has 106 valence electrons. The molecule has 0 radical (unpaired) electrons. The van der Waals surface area contributed by atoms with Gasteiger partial charge in [-0.2, -0.15) is 0 Å². The Morgan fingerprint density at radius 2 is 1.94 bits per heavy atom. The van der Waals surface area contributed by atoms with E-state index in [-0.39, 0.29) is 11.9 Å². The van der Waals surface area contributed by atoms with E-state index < -0.39 is 0 Å². The summed E-state index contributed by atoms with van der Waals surface area (Å²) in [6.07, 6.45) is 4.74. The number of hydrogen-bond donors (Lipinski definition) is 1. The highest BCUT2D eigenvalue weighted by molar-refractivity contribution is 5.78. The number of likely N-dealkylation sites (N-methyl/N-ethyl adjacent to an activating group) is 1. The standard InChI is InChI=1S/C15H30N2O/c1-6-8-9-10-14(5)16-15(18)12-17(7-2)11-13(3)4/h14H,3,6-12H2,1-2,4-5H3,(H,16,18). The molecule has 0 aromatic carbocycles. The second-order valence-electron chi connectivity index (χ2n) is 5.22. The van der Waals surface area contributed by atoms with Gasteiger partial charge in [-0.1, -0.05) is 45.3 Å². The number of unbranched alkanes of at least 4 members (excludes halogenated alkanes) is 2. The van der Waals surface area contributed by atoms with Gasteiger partial charge in [-0.05, 0) is 26.8 Å². The van der Waals surface area contributed by atoms with Gasteiger partial charge in [0.15, 0.2) is 0 Å². The van der Waals surface area contributed by atoms with Crippen molar-refractivity contribution >= 4 is 5.91 Å². The first-order valence-electron chi connectivity index (χ1n) is 7.15. The third-order valence-corrected chi connectivity index (χ3v) is 2.96. The molecule has 1 amide bonds. The molecule has 0 fully saturated rings. The fraction of sp³-hybridized carbons (Fsp3) is 0.800. The normalized spacial score (nSPS) is 12.5. The van der Waals surface area contributed by atoms with Crippen LogP contribution in [0.3, 0.4) is 0 Å². The molecule has 0 heterocycles. The SMILES string of the molecule is C=C(C)CN(CC)CC(=O)NC(C)CCCCC. The summed E-state index contributed by atoms with van der Waals surface area (Å²) in [7, 11) is 0. The van der Waals surface area contributed by atoms with Crippen LogP contribution in [-0.2, 0) is 4.79 Å². The molecule has 1 N–H and O–H groups in total. The highest BCUT2D eigenvalue weighted by Gasteiger charge is 2.11. The number of nitrogens with one attached hydrogen (secondary N) is 1. The summed E-state index contributed by atoms with van der Waals surface area (Å²) in [5, 5.41) is 3.07. The number of rotatable bonds is 10. The van der Waals surface area contributed by atoms with Crippen molar-refractivity contribution in [1.29, 1.82) is 0 Å². The van der Waals surface area contributed by atoms with Gasteiger partial charge in [0, 0.05) is 12.6 Å². The van der Waals surface area contributed by atoms with E-state index in [4.69, 9.17) is 0 Å². The second-order valence-corrected chi connectivity index (χ2v) is 5.22. The van der Waals surface area contributed by atoms with Gasteiger partial charge >= 0.3 is 0 Å². The number of amides is 1. The Morgan fingerprint density at radius 1 is 1.28 bits per heavy atom. The van der Waals surface area contributed by atoms with Gasteiger partial charge in [-0.25, -0.2) is 0 Å². The first-order valence-corrected chi connectivity index (χ1v) is 7.15. The largest absolute Gasteiger partial charge is 0.353 e. The maximum Gasteiger partial charge on any atom is 0.234 e. The minimum absolute atomic E-state index is 0.127. The van der Waals surface area contributed by atoms with Crippen LogP contribution in [0.4, 0.5) is 0 Å². The van der Waals surface area contributed by atoms with Crippen LogP contribution in [0.25, 0.3) is 0 Å². The zero-order valence-corrected chi connectivity index (χ0v) is 12.6. The monoisotopic (exact) mass is 254 g/mol. The lowest BCUT2D eigenvalue weighted by Crippen LogP contribution is -2.41. The predicted octanol–water partition coefficient (Wildman–Crippen LogP) is 2.97. The maximum atomic E-state index is 11.9. The van der Waals surface area contributed by atoms with Crippen LogP contribution in [0.2, 0.25) is 0 Å². The molecule has 0 saturated carbocycles. The van der Waals surface area contributed by atoms with Crippen LogP contribution in [-0.4, -0.2) is 36.5 Å². The molecule has 0 spiro atoms. The maximum absolute atomic E-state index is 11.9. The van der Waals surface area contributed by atoms with Gasteiger partial charge < -0.3 is 5.32 Å². The topological polar surface area (TPSA) is 32.3 Å². The smallest absolute Gasteiger partial charge is 0.234 e. The fourth-order valence-corrected chi connectivity index (χ4v) is 1.96. The Labute approximate surface area is 113 Å². The Kier molecular flexibility index (Phi) is 9.66. The van der Waals surface area contributed by atoms with Crippen LogP contribution < -0.4 is 5.32 Å². The van der Waals surface area contributed by atoms with Gasteiger partial charge in [-0.15, -0.1) is 0 Å². The Balaban J connectivity index is 3.89. The molecule has 1 atom stereocenters. The van der Waals surface area contributed by atoms with Crippen molar-refractivity contribution in [3.63, 3.8) is 0 Å². The summed E-state index contributed by atoms with van der Waals surface area (Å²) >= 11 is 0. The number of carbonyl (C=O) groups excluding carboxylic acids is 1. The van der Waals surface area contributed by atoms with E-state index in [2.05, 4.69) is 37.6 Å². The van der Waals surface area contributed by atoms with Crippen molar-refractivity contribution < 1.29 is 4.79 Å². The summed E-state index contributed by atoms with van der Waals surface area (Å²) in [5.74, 6) is 0.127. The molecular formula is C15H30N2O. The van der Waals surface area contributed by atoms with E-state index in [1.807, 2.05) is 6.92 Å². The molecule has 0 aliphatic carbocycles. The van der Waals surface area contributed by atoms with Crippen molar-refractivity contribution in [3.8, 4) is 0 Å². The van der Waals surface area contributed by atoms with Crippen molar-refractivity contribution in [2.24, 2.45) is 0 Å². The van der Waals surface area contributed by atoms with Crippen molar-refractivity contribution in [2.45, 2.75) is 59.4 Å². The van der Waals surface area contributed by atoms with Gasteiger partial charge in [-0.3, -0.25) is 9.69 Å². The minimum atomic E-state index is 0.127. The van der Waals surface area contributed by atoms with E-state index >= 15 is 0 Å². The van der Waals surface area contributed by atoms with Gasteiger partial charge in [0.05, 0.1) is 6.54 Å². The van der Waals surface area contributed by atoms with E-state index in [0.29, 0.717) is 6.54 Å². The number of nitrogens with zero attached hydrogens (tertiary/aromatic N) is 1. The summed E-state index contributed by atoms with van der Waals surface area (Å²) < 4.78 is 0. The van der Waals surface area contributed by atoms with E-state index in [1.165, 1.54) is 19.3 Å². The molecule has 1 unspecified atom stereocenters. The molecule has 0 aliphatic heterocycles. The summed E-state index contributed by atoms with van der Waals surface area (Å²) in [6.45, 7) is 14.4. The third-order valence-electron chi connectivity index (χ3n) is 2.96. The third kappa shape index (κ3) is 9.23. The van der Waals surface area contributed by atoms with Crippen LogP contribution in [0, 0.1) is 0 Å². The van der Waals surface area contributed by atoms with Gasteiger partial charge in [0.25, 0.3) is 0 Å². The van der Waals surface area contributed by atoms with Crippen LogP contribution in [0.5, 0.6) is 0 Å². The molecule has 0 aromatic heterocycles. The van der Waals surface area contributed by atoms with Crippen LogP contribution in [0.1, 0.15) is 53.4 Å². The molecule has 0 aliphatic rings. The zero-order chi connectivity index (χ0) is 14.0. The highest BCUT2D eigenvalue weighted by atomic mass is 16.2. The highest BCUT2D eigenvalue weighted by Crippen LogP contribution is 2.03. The molecule has 3 nitrogen and oxygen atoms in total. The lowest BCUT2D eigenvalue weighted by molar-refractivity contribution is -0.122. The van der Waals surface area contributed by atoms with Crippen LogP contribution in [0.15, 0.2) is 12.2 Å². The molecule has 0 aromatic rings. The summed E-state index contributed by atoms with van der Waals surface area (Å²) in [6, 6.07) is 0.285. The minimum Gasteiger partial charge on any atom is -0.353 e. The van der Waals surface area contributed by atoms with Gasteiger partial charge in [0.1, 0.15) is 0 Å². The zero-order valence-electron chi connectivity index (χ0n) is 12.6. The van der Waals surface area contributed by atoms with E-state index in [9.17, 15) is 4.79 Å². The Bertz CT molecular complexity index is 251. The average molecular weight is 254 g/mol. The molecular weight excluding hydrogens is 224 g/mol.